The van der Waals surface area contributed by atoms with Crippen LogP contribution >= 0.6 is 11.3 Å². The number of carbonyl (C=O) groups excluding carboxylic acids is 2. The van der Waals surface area contributed by atoms with Gasteiger partial charge >= 0.3 is 0 Å². The molecule has 2 aromatic rings. The molecule has 1 spiro atoms. The molecule has 2 saturated heterocycles. The number of nitrogens with zero attached hydrogens (tertiary/aromatic N) is 4. The first-order chi connectivity index (χ1) is 17.8. The Kier molecular flexibility index (Phi) is 6.41. The number of thiazole rings is 1. The maximum Gasteiger partial charge on any atom is 0.265 e. The summed E-state index contributed by atoms with van der Waals surface area (Å²) in [4.78, 5) is 39.6. The van der Waals surface area contributed by atoms with Crippen LogP contribution in [0.15, 0.2) is 36.0 Å². The maximum absolute atomic E-state index is 13.1. The van der Waals surface area contributed by atoms with E-state index in [2.05, 4.69) is 24.9 Å². The summed E-state index contributed by atoms with van der Waals surface area (Å²) in [6.07, 6.45) is 5.58. The molecule has 1 aliphatic carbocycles. The van der Waals surface area contributed by atoms with Gasteiger partial charge in [-0.25, -0.2) is 0 Å². The zero-order valence-electron chi connectivity index (χ0n) is 21.5. The van der Waals surface area contributed by atoms with Crippen molar-refractivity contribution in [3.63, 3.8) is 0 Å². The fraction of sp³-hybridized carbons (Fsp3) is 0.571. The number of aromatic nitrogens is 2. The second kappa shape index (κ2) is 9.60. The monoisotopic (exact) mass is 522 g/mol. The molecule has 0 bridgehead atoms. The second-order valence-electron chi connectivity index (χ2n) is 11.6. The molecule has 3 fully saturated rings. The van der Waals surface area contributed by atoms with Gasteiger partial charge in [0.25, 0.3) is 5.91 Å². The average Bonchev–Trinajstić information content (AvgIpc) is 3.26. The summed E-state index contributed by atoms with van der Waals surface area (Å²) < 4.78 is 11.6. The minimum atomic E-state index is -0.114. The highest BCUT2D eigenvalue weighted by Gasteiger charge is 2.60. The highest BCUT2D eigenvalue weighted by Crippen LogP contribution is 2.54. The first-order valence-electron chi connectivity index (χ1n) is 13.1. The standard InChI is InChI=1S/C28H34N4O4S/c1-27(2)10-22(27)25(33)32-16-28(17-32)15-31(26(34)24-11-29-18-37-24)12-20(28)13-36-14-21-4-3-5-23(30-21)19-6-8-35-9-7-19/h3-6,11,18,20,22H,7-10,12-17H2,1-2H3/t20?,22-/m1/s1. The molecule has 196 valence electrons. The first kappa shape index (κ1) is 24.7. The van der Waals surface area contributed by atoms with Crippen molar-refractivity contribution in [3.05, 3.63) is 52.2 Å². The molecular weight excluding hydrogens is 488 g/mol. The summed E-state index contributed by atoms with van der Waals surface area (Å²) >= 11 is 1.37. The van der Waals surface area contributed by atoms with Crippen LogP contribution in [0.2, 0.25) is 0 Å². The number of hydrogen-bond donors (Lipinski definition) is 0. The Morgan fingerprint density at radius 1 is 1.22 bits per heavy atom. The van der Waals surface area contributed by atoms with Gasteiger partial charge in [0.15, 0.2) is 0 Å². The third-order valence-corrected chi connectivity index (χ3v) is 9.31. The maximum atomic E-state index is 13.1. The smallest absolute Gasteiger partial charge is 0.265 e. The summed E-state index contributed by atoms with van der Waals surface area (Å²) in [6, 6.07) is 6.06. The van der Waals surface area contributed by atoms with E-state index in [0.717, 1.165) is 30.8 Å². The Labute approximate surface area is 221 Å². The molecule has 2 aromatic heterocycles. The van der Waals surface area contributed by atoms with Crippen LogP contribution in [-0.4, -0.2) is 77.6 Å². The molecule has 2 atom stereocenters. The molecule has 8 nitrogen and oxygen atoms in total. The zero-order valence-corrected chi connectivity index (χ0v) is 22.3. The highest BCUT2D eigenvalue weighted by atomic mass is 32.1. The van der Waals surface area contributed by atoms with Crippen LogP contribution in [0.3, 0.4) is 0 Å². The van der Waals surface area contributed by atoms with Crippen LogP contribution in [0.1, 0.15) is 47.7 Å². The Hall–Kier alpha value is -2.62. The lowest BCUT2D eigenvalue weighted by Gasteiger charge is -2.51. The summed E-state index contributed by atoms with van der Waals surface area (Å²) in [5.41, 5.74) is 4.80. The molecule has 5 heterocycles. The van der Waals surface area contributed by atoms with E-state index in [0.29, 0.717) is 50.9 Å². The number of likely N-dealkylation sites (tertiary alicyclic amines) is 2. The van der Waals surface area contributed by atoms with Gasteiger partial charge in [0, 0.05) is 43.4 Å². The van der Waals surface area contributed by atoms with Crippen molar-refractivity contribution in [1.29, 1.82) is 0 Å². The fourth-order valence-corrected chi connectivity index (χ4v) is 6.62. The van der Waals surface area contributed by atoms with E-state index in [4.69, 9.17) is 14.5 Å². The van der Waals surface area contributed by atoms with E-state index in [1.54, 1.807) is 11.7 Å². The largest absolute Gasteiger partial charge is 0.377 e. The molecule has 1 saturated carbocycles. The van der Waals surface area contributed by atoms with Crippen LogP contribution in [0, 0.1) is 22.7 Å². The fourth-order valence-electron chi connectivity index (χ4n) is 6.04. The number of ether oxygens (including phenoxy) is 2. The van der Waals surface area contributed by atoms with Crippen molar-refractivity contribution in [2.75, 3.05) is 46.0 Å². The molecule has 2 amide bonds. The predicted molar refractivity (Wildman–Crippen MR) is 140 cm³/mol. The van der Waals surface area contributed by atoms with E-state index in [1.807, 2.05) is 28.0 Å². The average molecular weight is 523 g/mol. The number of rotatable bonds is 7. The van der Waals surface area contributed by atoms with Gasteiger partial charge in [0.2, 0.25) is 5.91 Å². The number of hydrogen-bond acceptors (Lipinski definition) is 7. The Morgan fingerprint density at radius 3 is 2.73 bits per heavy atom. The summed E-state index contributed by atoms with van der Waals surface area (Å²) in [5, 5.41) is 0. The van der Waals surface area contributed by atoms with Crippen molar-refractivity contribution in [2.24, 2.45) is 22.7 Å². The molecule has 6 rings (SSSR count). The Balaban J connectivity index is 1.11. The van der Waals surface area contributed by atoms with Crippen molar-refractivity contribution in [2.45, 2.75) is 33.3 Å². The van der Waals surface area contributed by atoms with Crippen LogP contribution in [-0.2, 0) is 20.9 Å². The van der Waals surface area contributed by atoms with E-state index < -0.39 is 0 Å². The van der Waals surface area contributed by atoms with Gasteiger partial charge in [-0.05, 0) is 36.0 Å². The van der Waals surface area contributed by atoms with Crippen LogP contribution in [0.4, 0.5) is 0 Å². The van der Waals surface area contributed by atoms with Crippen molar-refractivity contribution < 1.29 is 19.1 Å². The molecule has 1 unspecified atom stereocenters. The lowest BCUT2D eigenvalue weighted by atomic mass is 9.71. The molecule has 3 aliphatic heterocycles. The minimum Gasteiger partial charge on any atom is -0.377 e. The summed E-state index contributed by atoms with van der Waals surface area (Å²) in [6.45, 7) is 9.32. The van der Waals surface area contributed by atoms with E-state index in [1.165, 1.54) is 16.9 Å². The lowest BCUT2D eigenvalue weighted by Crippen LogP contribution is -2.63. The van der Waals surface area contributed by atoms with Gasteiger partial charge in [-0.1, -0.05) is 26.0 Å². The zero-order chi connectivity index (χ0) is 25.6. The van der Waals surface area contributed by atoms with Crippen LogP contribution < -0.4 is 0 Å². The summed E-state index contributed by atoms with van der Waals surface area (Å²) in [5.74, 6) is 0.602. The van der Waals surface area contributed by atoms with Gasteiger partial charge in [-0.15, -0.1) is 11.3 Å². The Bertz CT molecular complexity index is 1200. The quantitative estimate of drug-likeness (QED) is 0.553. The topological polar surface area (TPSA) is 84.9 Å². The Morgan fingerprint density at radius 2 is 2.03 bits per heavy atom. The third-order valence-electron chi connectivity index (χ3n) is 8.55. The van der Waals surface area contributed by atoms with Crippen LogP contribution in [0.25, 0.3) is 5.57 Å². The number of pyridine rings is 1. The van der Waals surface area contributed by atoms with Gasteiger partial charge in [0.1, 0.15) is 4.88 Å². The summed E-state index contributed by atoms with van der Waals surface area (Å²) in [7, 11) is 0. The number of amides is 2. The van der Waals surface area contributed by atoms with Crippen molar-refractivity contribution in [1.82, 2.24) is 19.8 Å². The first-order valence-corrected chi connectivity index (χ1v) is 14.0. The third kappa shape index (κ3) is 4.84. The minimum absolute atomic E-state index is 0.0246. The van der Waals surface area contributed by atoms with Crippen LogP contribution in [0.5, 0.6) is 0 Å². The SMILES string of the molecule is CC1(C)C[C@@H]1C(=O)N1CC2(CN(C(=O)c3cncs3)CC2COCc2cccc(C3=CCOCC3)n2)C1. The molecular formula is C28H34N4O4S. The second-order valence-corrected chi connectivity index (χ2v) is 12.5. The number of carbonyl (C=O) groups is 2. The highest BCUT2D eigenvalue weighted by molar-refractivity contribution is 7.11. The molecule has 4 aliphatic rings. The molecule has 0 aromatic carbocycles. The van der Waals surface area contributed by atoms with E-state index in [-0.39, 0.29) is 34.5 Å². The van der Waals surface area contributed by atoms with Gasteiger partial charge in [-0.2, -0.15) is 0 Å². The molecule has 9 heteroatoms. The van der Waals surface area contributed by atoms with Crippen molar-refractivity contribution in [3.8, 4) is 0 Å². The lowest BCUT2D eigenvalue weighted by molar-refractivity contribution is -0.148. The van der Waals surface area contributed by atoms with E-state index in [9.17, 15) is 9.59 Å². The van der Waals surface area contributed by atoms with Gasteiger partial charge in [0.05, 0.1) is 49.5 Å². The molecule has 0 radical (unpaired) electrons. The van der Waals surface area contributed by atoms with Gasteiger partial charge < -0.3 is 19.3 Å². The molecule has 0 N–H and O–H groups in total. The predicted octanol–water partition coefficient (Wildman–Crippen LogP) is 3.51. The van der Waals surface area contributed by atoms with Crippen molar-refractivity contribution >= 4 is 28.7 Å². The normalized spacial score (nSPS) is 25.6. The van der Waals surface area contributed by atoms with E-state index >= 15 is 0 Å². The molecule has 37 heavy (non-hydrogen) atoms. The van der Waals surface area contributed by atoms with Gasteiger partial charge in [-0.3, -0.25) is 19.6 Å².